The van der Waals surface area contributed by atoms with Crippen molar-refractivity contribution in [3.8, 4) is 0 Å². The molecule has 0 radical (unpaired) electrons. The van der Waals surface area contributed by atoms with E-state index in [1.165, 1.54) is 16.7 Å². The number of nitrogens with zero attached hydrogens (tertiary/aromatic N) is 1. The summed E-state index contributed by atoms with van der Waals surface area (Å²) in [5, 5.41) is 3.45. The van der Waals surface area contributed by atoms with Crippen LogP contribution in [-0.2, 0) is 6.42 Å². The van der Waals surface area contributed by atoms with Crippen molar-refractivity contribution >= 4 is 11.1 Å². The van der Waals surface area contributed by atoms with Gasteiger partial charge >= 0.3 is 0 Å². The van der Waals surface area contributed by atoms with Crippen LogP contribution in [0.3, 0.4) is 0 Å². The average molecular weight is 377 g/mol. The summed E-state index contributed by atoms with van der Waals surface area (Å²) < 4.78 is 0. The minimum Gasteiger partial charge on any atom is -0.390 e. The second kappa shape index (κ2) is 10.8. The number of aromatic nitrogens is 1. The Hall–Kier alpha value is -2.35. The van der Waals surface area contributed by atoms with E-state index < -0.39 is 0 Å². The lowest BCUT2D eigenvalue weighted by molar-refractivity contribution is 0.718. The number of nitrogens with one attached hydrogen (secondary N) is 1. The maximum absolute atomic E-state index is 4.70. The predicted octanol–water partition coefficient (Wildman–Crippen LogP) is 6.91. The summed E-state index contributed by atoms with van der Waals surface area (Å²) in [7, 11) is 0. The van der Waals surface area contributed by atoms with Gasteiger partial charge in [0.05, 0.1) is 5.69 Å². The minimum atomic E-state index is 0.586. The second-order valence-electron chi connectivity index (χ2n) is 7.63. The molecule has 2 heteroatoms. The van der Waals surface area contributed by atoms with E-state index in [-0.39, 0.29) is 0 Å². The van der Waals surface area contributed by atoms with Gasteiger partial charge < -0.3 is 5.32 Å². The number of hydrogen-bond donors (Lipinski definition) is 1. The molecule has 0 aliphatic rings. The Morgan fingerprint density at radius 2 is 1.93 bits per heavy atom. The van der Waals surface area contributed by atoms with Gasteiger partial charge in [0, 0.05) is 29.6 Å². The first-order chi connectivity index (χ1) is 13.5. The van der Waals surface area contributed by atoms with E-state index in [0.717, 1.165) is 54.8 Å². The Labute approximate surface area is 171 Å². The Morgan fingerprint density at radius 3 is 2.57 bits per heavy atom. The molecule has 2 nitrogen and oxygen atoms in total. The first-order valence-electron chi connectivity index (χ1n) is 10.7. The van der Waals surface area contributed by atoms with Gasteiger partial charge in [-0.2, -0.15) is 0 Å². The Balaban J connectivity index is 2.49. The molecular weight excluding hydrogens is 340 g/mol. The zero-order chi connectivity index (χ0) is 20.5. The smallest absolute Gasteiger partial charge is 0.0705 e. The number of rotatable bonds is 10. The van der Waals surface area contributed by atoms with Gasteiger partial charge in [-0.25, -0.2) is 0 Å². The SMILES string of the molecule is C=C(/C(=C\NCCC)c1ccc(C(C)CC)c(CCC)c1)c1cccc(C)n1. The van der Waals surface area contributed by atoms with E-state index >= 15 is 0 Å². The van der Waals surface area contributed by atoms with Crippen LogP contribution >= 0.6 is 0 Å². The van der Waals surface area contributed by atoms with Gasteiger partial charge in [0.1, 0.15) is 0 Å². The van der Waals surface area contributed by atoms with Crippen LogP contribution in [0.4, 0.5) is 0 Å². The van der Waals surface area contributed by atoms with Crippen LogP contribution in [0, 0.1) is 6.92 Å². The third-order valence-electron chi connectivity index (χ3n) is 5.28. The highest BCUT2D eigenvalue weighted by Crippen LogP contribution is 2.32. The van der Waals surface area contributed by atoms with Crippen LogP contribution in [0.5, 0.6) is 0 Å². The van der Waals surface area contributed by atoms with Crippen molar-refractivity contribution in [1.29, 1.82) is 0 Å². The molecule has 0 amide bonds. The molecule has 1 aromatic heterocycles. The van der Waals surface area contributed by atoms with Crippen LogP contribution in [-0.4, -0.2) is 11.5 Å². The first kappa shape index (κ1) is 21.9. The summed E-state index contributed by atoms with van der Waals surface area (Å²) in [4.78, 5) is 4.70. The number of aryl methyl sites for hydroxylation is 2. The van der Waals surface area contributed by atoms with E-state index in [1.807, 2.05) is 19.1 Å². The highest BCUT2D eigenvalue weighted by molar-refractivity contribution is 6.03. The monoisotopic (exact) mass is 376 g/mol. The highest BCUT2D eigenvalue weighted by Gasteiger charge is 2.14. The van der Waals surface area contributed by atoms with Crippen molar-refractivity contribution in [2.75, 3.05) is 6.54 Å². The van der Waals surface area contributed by atoms with Crippen molar-refractivity contribution in [2.45, 2.75) is 66.2 Å². The lowest BCUT2D eigenvalue weighted by Crippen LogP contribution is -2.08. The molecule has 1 aromatic carbocycles. The molecule has 0 saturated heterocycles. The van der Waals surface area contributed by atoms with E-state index in [1.54, 1.807) is 0 Å². The van der Waals surface area contributed by atoms with Gasteiger partial charge in [-0.05, 0) is 60.9 Å². The summed E-state index contributed by atoms with van der Waals surface area (Å²) in [5.74, 6) is 0.586. The number of allylic oxidation sites excluding steroid dienone is 2. The van der Waals surface area contributed by atoms with Gasteiger partial charge in [-0.15, -0.1) is 0 Å². The number of benzene rings is 1. The summed E-state index contributed by atoms with van der Waals surface area (Å²) in [6, 6.07) is 13.1. The van der Waals surface area contributed by atoms with Crippen LogP contribution in [0.2, 0.25) is 0 Å². The van der Waals surface area contributed by atoms with Gasteiger partial charge in [0.25, 0.3) is 0 Å². The Kier molecular flexibility index (Phi) is 8.50. The summed E-state index contributed by atoms with van der Waals surface area (Å²) in [5.41, 5.74) is 8.19. The molecule has 0 saturated carbocycles. The first-order valence-corrected chi connectivity index (χ1v) is 10.7. The Bertz CT molecular complexity index is 817. The predicted molar refractivity (Wildman–Crippen MR) is 123 cm³/mol. The molecule has 1 atom stereocenters. The zero-order valence-corrected chi connectivity index (χ0v) is 18.3. The van der Waals surface area contributed by atoms with Crippen molar-refractivity contribution in [1.82, 2.24) is 10.3 Å². The number of pyridine rings is 1. The normalized spacial score (nSPS) is 12.7. The molecule has 0 aliphatic heterocycles. The number of hydrogen-bond acceptors (Lipinski definition) is 2. The van der Waals surface area contributed by atoms with E-state index in [0.29, 0.717) is 5.92 Å². The summed E-state index contributed by atoms with van der Waals surface area (Å²) >= 11 is 0. The highest BCUT2D eigenvalue weighted by atomic mass is 14.8. The maximum Gasteiger partial charge on any atom is 0.0705 e. The van der Waals surface area contributed by atoms with Crippen LogP contribution in [0.25, 0.3) is 11.1 Å². The van der Waals surface area contributed by atoms with Crippen LogP contribution in [0.15, 0.2) is 49.2 Å². The zero-order valence-electron chi connectivity index (χ0n) is 18.3. The minimum absolute atomic E-state index is 0.586. The van der Waals surface area contributed by atoms with Gasteiger partial charge in [-0.1, -0.05) is 65.0 Å². The molecule has 28 heavy (non-hydrogen) atoms. The fraction of sp³-hybridized carbons (Fsp3) is 0.423. The van der Waals surface area contributed by atoms with E-state index in [2.05, 4.69) is 70.1 Å². The summed E-state index contributed by atoms with van der Waals surface area (Å²) in [6.45, 7) is 16.4. The van der Waals surface area contributed by atoms with Crippen molar-refractivity contribution in [3.05, 3.63) is 77.3 Å². The molecule has 0 fully saturated rings. The van der Waals surface area contributed by atoms with Crippen molar-refractivity contribution < 1.29 is 0 Å². The molecular formula is C26H36N2. The standard InChI is InChI=1S/C26H36N2/c1-7-11-22-17-23(14-15-24(22)19(4)9-3)25(18-27-16-8-2)21(6)26-13-10-12-20(5)28-26/h10,12-15,17-19,27H,6-9,11,16H2,1-5H3/b25-18+. The van der Waals surface area contributed by atoms with E-state index in [4.69, 9.17) is 4.98 Å². The Morgan fingerprint density at radius 1 is 1.14 bits per heavy atom. The van der Waals surface area contributed by atoms with Gasteiger partial charge in [-0.3, -0.25) is 4.98 Å². The molecule has 0 spiro atoms. The van der Waals surface area contributed by atoms with Gasteiger partial charge in [0.2, 0.25) is 0 Å². The molecule has 1 heterocycles. The maximum atomic E-state index is 4.70. The molecule has 0 bridgehead atoms. The molecule has 2 rings (SSSR count). The fourth-order valence-corrected chi connectivity index (χ4v) is 3.47. The molecule has 1 N–H and O–H groups in total. The average Bonchev–Trinajstić information content (AvgIpc) is 2.70. The summed E-state index contributed by atoms with van der Waals surface area (Å²) in [6.07, 6.45) is 6.63. The lowest BCUT2D eigenvalue weighted by atomic mass is 9.87. The third-order valence-corrected chi connectivity index (χ3v) is 5.28. The van der Waals surface area contributed by atoms with Crippen molar-refractivity contribution in [3.63, 3.8) is 0 Å². The fourth-order valence-electron chi connectivity index (χ4n) is 3.47. The largest absolute Gasteiger partial charge is 0.390 e. The lowest BCUT2D eigenvalue weighted by Gasteiger charge is -2.19. The van der Waals surface area contributed by atoms with Crippen LogP contribution < -0.4 is 5.32 Å². The van der Waals surface area contributed by atoms with Crippen LogP contribution in [0.1, 0.15) is 81.0 Å². The molecule has 1 unspecified atom stereocenters. The van der Waals surface area contributed by atoms with E-state index in [9.17, 15) is 0 Å². The third kappa shape index (κ3) is 5.58. The van der Waals surface area contributed by atoms with Crippen molar-refractivity contribution in [2.24, 2.45) is 0 Å². The molecule has 150 valence electrons. The topological polar surface area (TPSA) is 24.9 Å². The second-order valence-corrected chi connectivity index (χ2v) is 7.63. The quantitative estimate of drug-likeness (QED) is 0.360. The molecule has 0 aliphatic carbocycles. The molecule has 2 aromatic rings. The van der Waals surface area contributed by atoms with Gasteiger partial charge in [0.15, 0.2) is 0 Å².